The minimum Gasteiger partial charge on any atom is -0.322 e. The number of aromatic nitrogens is 4. The molecule has 0 fully saturated rings. The molecular weight excluding hydrogens is 370 g/mol. The number of carbonyl (C=O) groups is 1. The van der Waals surface area contributed by atoms with E-state index in [4.69, 9.17) is 11.6 Å². The monoisotopic (exact) mass is 383 g/mol. The summed E-state index contributed by atoms with van der Waals surface area (Å²) in [5, 5.41) is 17.0. The summed E-state index contributed by atoms with van der Waals surface area (Å²) in [6.07, 6.45) is 0.777. The van der Waals surface area contributed by atoms with Crippen LogP contribution in [-0.2, 0) is 6.42 Å². The number of nitrogens with zero attached hydrogens (tertiary/aromatic N) is 4. The lowest BCUT2D eigenvalue weighted by Crippen LogP contribution is -2.11. The Morgan fingerprint density at radius 1 is 1.19 bits per heavy atom. The van der Waals surface area contributed by atoms with Gasteiger partial charge in [0.15, 0.2) is 5.82 Å². The highest BCUT2D eigenvalue weighted by Gasteiger charge is 2.12. The number of nitrogens with one attached hydrogen (secondary N) is 1. The summed E-state index contributed by atoms with van der Waals surface area (Å²) in [7, 11) is 0. The topological polar surface area (TPSA) is 72.2 Å². The Morgan fingerprint density at radius 2 is 2.00 bits per heavy atom. The maximum Gasteiger partial charge on any atom is 0.255 e. The van der Waals surface area contributed by atoms with E-state index in [1.54, 1.807) is 28.8 Å². The van der Waals surface area contributed by atoms with Crippen LogP contribution >= 0.6 is 22.9 Å². The van der Waals surface area contributed by atoms with Crippen molar-refractivity contribution in [2.75, 3.05) is 5.32 Å². The molecule has 0 aliphatic carbocycles. The molecule has 4 rings (SSSR count). The van der Waals surface area contributed by atoms with Gasteiger partial charge in [0.2, 0.25) is 4.96 Å². The first-order valence-corrected chi connectivity index (χ1v) is 9.22. The van der Waals surface area contributed by atoms with E-state index in [-0.39, 0.29) is 5.91 Å². The highest BCUT2D eigenvalue weighted by atomic mass is 35.5. The van der Waals surface area contributed by atoms with E-state index in [9.17, 15) is 4.79 Å². The van der Waals surface area contributed by atoms with Crippen molar-refractivity contribution in [3.63, 3.8) is 0 Å². The lowest BCUT2D eigenvalue weighted by Gasteiger charge is -2.06. The van der Waals surface area contributed by atoms with Gasteiger partial charge in [-0.2, -0.15) is 9.61 Å². The number of aryl methyl sites for hydroxylation is 1. The Morgan fingerprint density at radius 3 is 2.73 bits per heavy atom. The molecule has 0 saturated carbocycles. The van der Waals surface area contributed by atoms with Gasteiger partial charge >= 0.3 is 0 Å². The minimum atomic E-state index is -0.202. The zero-order chi connectivity index (χ0) is 18.1. The molecular formula is C18H14ClN5OS. The summed E-state index contributed by atoms with van der Waals surface area (Å²) in [6, 6.07) is 14.4. The van der Waals surface area contributed by atoms with E-state index in [1.165, 1.54) is 11.3 Å². The molecule has 4 aromatic rings. The fourth-order valence-electron chi connectivity index (χ4n) is 2.52. The third-order valence-corrected chi connectivity index (χ3v) is 5.03. The van der Waals surface area contributed by atoms with Crippen LogP contribution in [0.5, 0.6) is 0 Å². The number of hydrogen-bond donors (Lipinski definition) is 1. The molecule has 0 unspecified atom stereocenters. The molecule has 6 nitrogen and oxygen atoms in total. The SMILES string of the molecule is CCc1nnc2sc(-c3ccc(NC(=O)c4cccc(Cl)c4)cc3)nn12. The van der Waals surface area contributed by atoms with Crippen molar-refractivity contribution in [3.8, 4) is 10.6 Å². The zero-order valence-electron chi connectivity index (χ0n) is 13.8. The van der Waals surface area contributed by atoms with Gasteiger partial charge in [-0.1, -0.05) is 35.9 Å². The van der Waals surface area contributed by atoms with E-state index < -0.39 is 0 Å². The molecule has 2 aromatic carbocycles. The van der Waals surface area contributed by atoms with Crippen LogP contribution in [-0.4, -0.2) is 25.7 Å². The molecule has 1 N–H and O–H groups in total. The van der Waals surface area contributed by atoms with Crippen molar-refractivity contribution in [1.82, 2.24) is 19.8 Å². The Bertz CT molecular complexity index is 1090. The fourth-order valence-corrected chi connectivity index (χ4v) is 3.58. The maximum absolute atomic E-state index is 12.3. The van der Waals surface area contributed by atoms with Gasteiger partial charge in [0.1, 0.15) is 5.01 Å². The molecule has 26 heavy (non-hydrogen) atoms. The summed E-state index contributed by atoms with van der Waals surface area (Å²) in [6.45, 7) is 2.02. The number of hydrogen-bond acceptors (Lipinski definition) is 5. The highest BCUT2D eigenvalue weighted by Crippen LogP contribution is 2.26. The lowest BCUT2D eigenvalue weighted by atomic mass is 10.2. The van der Waals surface area contributed by atoms with Gasteiger partial charge in [-0.05, 0) is 42.5 Å². The Kier molecular flexibility index (Phi) is 4.40. The van der Waals surface area contributed by atoms with Crippen molar-refractivity contribution < 1.29 is 4.79 Å². The number of anilines is 1. The molecule has 2 aromatic heterocycles. The van der Waals surface area contributed by atoms with Gasteiger partial charge < -0.3 is 5.32 Å². The normalized spacial score (nSPS) is 11.0. The molecule has 0 atom stereocenters. The molecule has 0 aliphatic rings. The van der Waals surface area contributed by atoms with Crippen LogP contribution < -0.4 is 5.32 Å². The number of amides is 1. The predicted octanol–water partition coefficient (Wildman–Crippen LogP) is 4.32. The number of carbonyl (C=O) groups excluding carboxylic acids is 1. The smallest absolute Gasteiger partial charge is 0.255 e. The largest absolute Gasteiger partial charge is 0.322 e. The first-order valence-electron chi connectivity index (χ1n) is 8.02. The van der Waals surface area contributed by atoms with Crippen molar-refractivity contribution in [1.29, 1.82) is 0 Å². The number of fused-ring (bicyclic) bond motifs is 1. The molecule has 0 spiro atoms. The number of benzene rings is 2. The second-order valence-corrected chi connectivity index (χ2v) is 7.01. The summed E-state index contributed by atoms with van der Waals surface area (Å²) in [5.41, 5.74) is 2.18. The molecule has 0 radical (unpaired) electrons. The average Bonchev–Trinajstić information content (AvgIpc) is 3.23. The van der Waals surface area contributed by atoms with Gasteiger partial charge in [-0.3, -0.25) is 4.79 Å². The Balaban J connectivity index is 1.54. The van der Waals surface area contributed by atoms with Gasteiger partial charge in [-0.25, -0.2) is 0 Å². The fraction of sp³-hybridized carbons (Fsp3) is 0.111. The number of halogens is 1. The van der Waals surface area contributed by atoms with Crippen LogP contribution in [0.25, 0.3) is 15.5 Å². The predicted molar refractivity (Wildman–Crippen MR) is 103 cm³/mol. The van der Waals surface area contributed by atoms with E-state index in [0.717, 1.165) is 27.8 Å². The van der Waals surface area contributed by atoms with Crippen molar-refractivity contribution in [2.24, 2.45) is 0 Å². The van der Waals surface area contributed by atoms with Crippen LogP contribution in [0.2, 0.25) is 5.02 Å². The lowest BCUT2D eigenvalue weighted by molar-refractivity contribution is 0.102. The quantitative estimate of drug-likeness (QED) is 0.569. The van der Waals surface area contributed by atoms with Crippen LogP contribution in [0.4, 0.5) is 5.69 Å². The summed E-state index contributed by atoms with van der Waals surface area (Å²) < 4.78 is 1.77. The van der Waals surface area contributed by atoms with Gasteiger partial charge in [0.25, 0.3) is 5.91 Å². The highest BCUT2D eigenvalue weighted by molar-refractivity contribution is 7.19. The molecule has 0 saturated heterocycles. The standard InChI is InChI=1S/C18H14ClN5OS/c1-2-15-21-22-18-24(15)23-17(26-18)11-6-8-14(9-7-11)20-16(25)12-4-3-5-13(19)10-12/h3-10H,2H2,1H3,(H,20,25). The van der Waals surface area contributed by atoms with Crippen molar-refractivity contribution >= 4 is 39.5 Å². The Labute approximate surface area is 158 Å². The molecule has 130 valence electrons. The van der Waals surface area contributed by atoms with Crippen molar-refractivity contribution in [3.05, 3.63) is 64.9 Å². The van der Waals surface area contributed by atoms with Crippen LogP contribution in [0.3, 0.4) is 0 Å². The van der Waals surface area contributed by atoms with Gasteiger partial charge in [0, 0.05) is 28.3 Å². The zero-order valence-corrected chi connectivity index (χ0v) is 15.4. The van der Waals surface area contributed by atoms with Crippen molar-refractivity contribution in [2.45, 2.75) is 13.3 Å². The molecule has 0 bridgehead atoms. The van der Waals surface area contributed by atoms with E-state index in [0.29, 0.717) is 16.3 Å². The molecule has 2 heterocycles. The Hall–Kier alpha value is -2.77. The van der Waals surface area contributed by atoms with Crippen LogP contribution in [0.1, 0.15) is 23.1 Å². The third kappa shape index (κ3) is 3.18. The molecule has 1 amide bonds. The first-order chi connectivity index (χ1) is 12.6. The summed E-state index contributed by atoms with van der Waals surface area (Å²) >= 11 is 7.41. The summed E-state index contributed by atoms with van der Waals surface area (Å²) in [4.78, 5) is 13.0. The van der Waals surface area contributed by atoms with E-state index >= 15 is 0 Å². The van der Waals surface area contributed by atoms with E-state index in [2.05, 4.69) is 20.6 Å². The average molecular weight is 384 g/mol. The maximum atomic E-state index is 12.3. The van der Waals surface area contributed by atoms with Gasteiger partial charge in [-0.15, -0.1) is 10.2 Å². The summed E-state index contributed by atoms with van der Waals surface area (Å²) in [5.74, 6) is 0.638. The van der Waals surface area contributed by atoms with E-state index in [1.807, 2.05) is 31.2 Å². The van der Waals surface area contributed by atoms with Crippen LogP contribution in [0.15, 0.2) is 48.5 Å². The second kappa shape index (κ2) is 6.86. The third-order valence-electron chi connectivity index (χ3n) is 3.85. The first kappa shape index (κ1) is 16.7. The molecule has 0 aliphatic heterocycles. The molecule has 8 heteroatoms. The van der Waals surface area contributed by atoms with Gasteiger partial charge in [0.05, 0.1) is 0 Å². The number of rotatable bonds is 4. The van der Waals surface area contributed by atoms with Crippen LogP contribution in [0, 0.1) is 0 Å². The second-order valence-electron chi connectivity index (χ2n) is 5.61. The minimum absolute atomic E-state index is 0.202.